The highest BCUT2D eigenvalue weighted by Crippen LogP contribution is 2.19. The van der Waals surface area contributed by atoms with Crippen LogP contribution in [0, 0.1) is 5.92 Å². The van der Waals surface area contributed by atoms with Crippen LogP contribution in [0.5, 0.6) is 6.01 Å². The van der Waals surface area contributed by atoms with Crippen LogP contribution in [0.25, 0.3) is 11.2 Å². The normalized spacial score (nSPS) is 12.0. The zero-order chi connectivity index (χ0) is 36.1. The van der Waals surface area contributed by atoms with Crippen LogP contribution < -0.4 is 26.8 Å². The number of nitrogen functional groups attached to an aromatic ring is 1. The number of carbonyl (C=O) groups is 2. The molecule has 17 heteroatoms. The summed E-state index contributed by atoms with van der Waals surface area (Å²) in [4.78, 5) is 52.0. The van der Waals surface area contributed by atoms with Gasteiger partial charge in [0.25, 0.3) is 0 Å². The first-order chi connectivity index (χ1) is 24.2. The lowest BCUT2D eigenvalue weighted by Crippen LogP contribution is -2.37. The van der Waals surface area contributed by atoms with Gasteiger partial charge in [-0.05, 0) is 32.1 Å². The van der Waals surface area contributed by atoms with Crippen molar-refractivity contribution >= 4 is 40.6 Å². The van der Waals surface area contributed by atoms with E-state index in [0.29, 0.717) is 76.3 Å². The van der Waals surface area contributed by atoms with E-state index < -0.39 is 5.92 Å². The van der Waals surface area contributed by atoms with Gasteiger partial charge in [0.1, 0.15) is 12.1 Å². The molecule has 0 fully saturated rings. The Morgan fingerprint density at radius 1 is 0.980 bits per heavy atom. The van der Waals surface area contributed by atoms with Gasteiger partial charge in [-0.15, -0.1) is 0 Å². The van der Waals surface area contributed by atoms with Gasteiger partial charge < -0.3 is 49.9 Å². The molecular formula is C33H52N8O8S. The Morgan fingerprint density at radius 2 is 1.68 bits per heavy atom. The highest BCUT2D eigenvalue weighted by atomic mass is 32.2. The van der Waals surface area contributed by atoms with Gasteiger partial charge in [0, 0.05) is 51.3 Å². The van der Waals surface area contributed by atoms with Crippen molar-refractivity contribution in [3.05, 3.63) is 45.9 Å². The maximum atomic E-state index is 13.0. The smallest absolute Gasteiger partial charge is 0.328 e. The molecule has 1 atom stereocenters. The molecule has 2 amide bonds. The summed E-state index contributed by atoms with van der Waals surface area (Å²) in [5.41, 5.74) is 8.03. The Kier molecular flexibility index (Phi) is 18.6. The molecule has 3 aromatic rings. The fourth-order valence-corrected chi connectivity index (χ4v) is 5.79. The number of hydrogen-bond acceptors (Lipinski definition) is 13. The lowest BCUT2D eigenvalue weighted by Gasteiger charge is -2.17. The highest BCUT2D eigenvalue weighted by molar-refractivity contribution is 7.99. The fourth-order valence-electron chi connectivity index (χ4n) is 4.57. The molecule has 0 radical (unpaired) electrons. The minimum absolute atomic E-state index is 0.0534. The number of ether oxygens (including phenoxy) is 5. The molecule has 0 aliphatic heterocycles. The number of benzene rings is 1. The maximum absolute atomic E-state index is 13.0. The zero-order valence-corrected chi connectivity index (χ0v) is 30.4. The number of nitrogens with zero attached hydrogens (tertiary/aromatic N) is 4. The van der Waals surface area contributed by atoms with Crippen molar-refractivity contribution in [2.24, 2.45) is 5.92 Å². The van der Waals surface area contributed by atoms with Crippen molar-refractivity contribution < 1.29 is 33.3 Å². The molecule has 3 rings (SSSR count). The molecule has 1 unspecified atom stereocenters. The minimum atomic E-state index is -0.482. The number of hydrogen-bond donors (Lipinski definition) is 4. The van der Waals surface area contributed by atoms with E-state index in [1.165, 1.54) is 4.57 Å². The number of H-pyrrole nitrogens is 1. The van der Waals surface area contributed by atoms with Gasteiger partial charge >= 0.3 is 11.7 Å². The number of nitrogens with two attached hydrogens (primary N) is 1. The standard InChI is InChI=1S/C33H52N8O8S/c1-5-46-14-15-48-17-16-47-12-10-35-31(43)26(23-50-19-11-40(2)3)20-27(42)36-21-24-6-8-25(9-7-24)22-41-30-28(37-33(41)44)29(34)38-32(39-30)49-18-13-45-4/h6-9,26H,5,10-23H2,1-4H3,(H,35,43)(H,36,42)(H,37,44)(H2,34,38,39). The Bertz CT molecular complexity index is 1500. The summed E-state index contributed by atoms with van der Waals surface area (Å²) in [5.74, 6) is 0.619. The Balaban J connectivity index is 1.49. The van der Waals surface area contributed by atoms with Crippen molar-refractivity contribution in [1.82, 2.24) is 35.1 Å². The van der Waals surface area contributed by atoms with E-state index in [1.807, 2.05) is 45.3 Å². The number of aromatic amines is 1. The van der Waals surface area contributed by atoms with E-state index in [-0.39, 0.29) is 48.9 Å². The number of imidazole rings is 1. The van der Waals surface area contributed by atoms with Crippen molar-refractivity contribution in [1.29, 1.82) is 0 Å². The SMILES string of the molecule is CCOCCOCCOCCNC(=O)C(CSCCN(C)C)CC(=O)NCc1ccc(Cn2c(=O)[nH]c3c(N)nc(OCCOC)nc32)cc1. The topological polar surface area (TPSA) is 197 Å². The molecule has 278 valence electrons. The Labute approximate surface area is 297 Å². The lowest BCUT2D eigenvalue weighted by molar-refractivity contribution is -0.129. The first-order valence-electron chi connectivity index (χ1n) is 16.7. The van der Waals surface area contributed by atoms with Crippen LogP contribution in [0.4, 0.5) is 5.82 Å². The number of carbonyl (C=O) groups excluding carboxylic acids is 2. The third kappa shape index (κ3) is 14.6. The fraction of sp³-hybridized carbons (Fsp3) is 0.606. The van der Waals surface area contributed by atoms with Crippen LogP contribution >= 0.6 is 11.8 Å². The predicted molar refractivity (Wildman–Crippen MR) is 192 cm³/mol. The van der Waals surface area contributed by atoms with Gasteiger partial charge in [0.05, 0.1) is 52.1 Å². The van der Waals surface area contributed by atoms with Crippen molar-refractivity contribution in [2.45, 2.75) is 26.4 Å². The number of aromatic nitrogens is 4. The molecule has 0 saturated heterocycles. The van der Waals surface area contributed by atoms with Gasteiger partial charge in [-0.3, -0.25) is 14.2 Å². The largest absolute Gasteiger partial charge is 0.461 e. The summed E-state index contributed by atoms with van der Waals surface area (Å²) in [5, 5.41) is 5.84. The molecule has 0 aliphatic rings. The average Bonchev–Trinajstić information content (AvgIpc) is 3.41. The van der Waals surface area contributed by atoms with E-state index in [9.17, 15) is 14.4 Å². The van der Waals surface area contributed by atoms with Gasteiger partial charge in [-0.1, -0.05) is 24.3 Å². The van der Waals surface area contributed by atoms with Crippen molar-refractivity contribution in [2.75, 3.05) is 104 Å². The molecule has 50 heavy (non-hydrogen) atoms. The number of amides is 2. The summed E-state index contributed by atoms with van der Waals surface area (Å²) >= 11 is 1.65. The predicted octanol–water partition coefficient (Wildman–Crippen LogP) is 0.879. The van der Waals surface area contributed by atoms with Crippen molar-refractivity contribution in [3.8, 4) is 6.01 Å². The quantitative estimate of drug-likeness (QED) is 0.0854. The van der Waals surface area contributed by atoms with E-state index >= 15 is 0 Å². The van der Waals surface area contributed by atoms with Crippen LogP contribution in [-0.4, -0.2) is 135 Å². The minimum Gasteiger partial charge on any atom is -0.461 e. The molecule has 16 nitrogen and oxygen atoms in total. The molecule has 2 aromatic heterocycles. The number of nitrogens with one attached hydrogen (secondary N) is 3. The van der Waals surface area contributed by atoms with E-state index in [2.05, 4.69) is 30.5 Å². The number of anilines is 1. The van der Waals surface area contributed by atoms with Crippen LogP contribution in [0.1, 0.15) is 24.5 Å². The summed E-state index contributed by atoms with van der Waals surface area (Å²) in [7, 11) is 5.55. The molecule has 0 saturated carbocycles. The zero-order valence-electron chi connectivity index (χ0n) is 29.5. The highest BCUT2D eigenvalue weighted by Gasteiger charge is 2.22. The number of methoxy groups -OCH3 is 1. The summed E-state index contributed by atoms with van der Waals surface area (Å²) in [6, 6.07) is 7.56. The molecular weight excluding hydrogens is 668 g/mol. The van der Waals surface area contributed by atoms with E-state index in [0.717, 1.165) is 23.4 Å². The summed E-state index contributed by atoms with van der Waals surface area (Å²) < 4.78 is 28.1. The third-order valence-electron chi connectivity index (χ3n) is 7.30. The molecule has 2 heterocycles. The lowest BCUT2D eigenvalue weighted by atomic mass is 10.1. The molecule has 0 bridgehead atoms. The molecule has 0 spiro atoms. The van der Waals surface area contributed by atoms with E-state index in [4.69, 9.17) is 29.4 Å². The number of fused-ring (bicyclic) bond motifs is 1. The number of thioether (sulfide) groups is 1. The second-order valence-electron chi connectivity index (χ2n) is 11.5. The average molecular weight is 721 g/mol. The molecule has 1 aromatic carbocycles. The number of rotatable bonds is 26. The summed E-state index contributed by atoms with van der Waals surface area (Å²) in [6.45, 7) is 7.23. The second-order valence-corrected chi connectivity index (χ2v) is 12.7. The second kappa shape index (κ2) is 22.9. The Morgan fingerprint density at radius 3 is 2.38 bits per heavy atom. The first-order valence-corrected chi connectivity index (χ1v) is 17.8. The van der Waals surface area contributed by atoms with Crippen LogP contribution in [-0.2, 0) is 41.6 Å². The maximum Gasteiger partial charge on any atom is 0.328 e. The van der Waals surface area contributed by atoms with Crippen LogP contribution in [0.15, 0.2) is 29.1 Å². The third-order valence-corrected chi connectivity index (χ3v) is 8.41. The van der Waals surface area contributed by atoms with Crippen LogP contribution in [0.3, 0.4) is 0 Å². The monoisotopic (exact) mass is 720 g/mol. The van der Waals surface area contributed by atoms with Crippen molar-refractivity contribution in [3.63, 3.8) is 0 Å². The van der Waals surface area contributed by atoms with Gasteiger partial charge in [0.2, 0.25) is 11.8 Å². The van der Waals surface area contributed by atoms with Gasteiger partial charge in [-0.2, -0.15) is 21.7 Å². The van der Waals surface area contributed by atoms with Gasteiger partial charge in [-0.25, -0.2) is 4.79 Å². The molecule has 0 aliphatic carbocycles. The first kappa shape index (κ1) is 40.7. The summed E-state index contributed by atoms with van der Waals surface area (Å²) in [6.07, 6.45) is 0.0685. The Hall–Kier alpha value is -3.74. The van der Waals surface area contributed by atoms with E-state index in [1.54, 1.807) is 18.9 Å². The molecule has 5 N–H and O–H groups in total. The van der Waals surface area contributed by atoms with Gasteiger partial charge in [0.15, 0.2) is 11.5 Å². The van der Waals surface area contributed by atoms with Crippen LogP contribution in [0.2, 0.25) is 0 Å².